The zero-order valence-corrected chi connectivity index (χ0v) is 23.7. The van der Waals surface area contributed by atoms with Gasteiger partial charge in [-0.25, -0.2) is 9.78 Å². The maximum Gasteiger partial charge on any atom is 0.352 e. The number of oxime groups is 1. The fourth-order valence-corrected chi connectivity index (χ4v) is 8.56. The zero-order chi connectivity index (χ0) is 28.6. The number of carboxylic acid groups (broad SMARTS) is 1. The van der Waals surface area contributed by atoms with Crippen LogP contribution in [0.4, 0.5) is 5.13 Å². The van der Waals surface area contributed by atoms with Crippen LogP contribution in [0.3, 0.4) is 0 Å². The Kier molecular flexibility index (Phi) is 7.81. The van der Waals surface area contributed by atoms with Crippen molar-refractivity contribution in [1.82, 2.24) is 15.2 Å². The van der Waals surface area contributed by atoms with E-state index in [1.165, 1.54) is 47.4 Å². The summed E-state index contributed by atoms with van der Waals surface area (Å²) in [6.45, 7) is 0. The number of benzene rings is 1. The summed E-state index contributed by atoms with van der Waals surface area (Å²) in [6.07, 6.45) is 0. The first-order valence-corrected chi connectivity index (χ1v) is 15.1. The number of nitrogens with one attached hydrogen (secondary N) is 1. The van der Waals surface area contributed by atoms with Crippen LogP contribution in [0.5, 0.6) is 0 Å². The van der Waals surface area contributed by atoms with Crippen LogP contribution in [0.15, 0.2) is 55.1 Å². The zero-order valence-electron chi connectivity index (χ0n) is 20.4. The van der Waals surface area contributed by atoms with E-state index in [2.05, 4.69) is 15.5 Å². The highest BCUT2D eigenvalue weighted by molar-refractivity contribution is 8.02. The van der Waals surface area contributed by atoms with Crippen LogP contribution in [-0.4, -0.2) is 68.5 Å². The van der Waals surface area contributed by atoms with E-state index in [-0.39, 0.29) is 44.7 Å². The Bertz CT molecular complexity index is 1720. The Morgan fingerprint density at radius 1 is 1.38 bits per heavy atom. The fourth-order valence-electron chi connectivity index (χ4n) is 4.17. The number of aliphatic carboxylic acids is 1. The predicted molar refractivity (Wildman–Crippen MR) is 153 cm³/mol. The molecule has 4 heterocycles. The Labute approximate surface area is 242 Å². The summed E-state index contributed by atoms with van der Waals surface area (Å²) in [5.74, 6) is -2.18. The quantitative estimate of drug-likeness (QED) is 0.146. The molecule has 0 aliphatic carbocycles. The maximum absolute atomic E-state index is 13.1. The summed E-state index contributed by atoms with van der Waals surface area (Å²) in [7, 11) is 1.26. The van der Waals surface area contributed by atoms with E-state index < -0.39 is 29.2 Å². The maximum atomic E-state index is 13.1. The van der Waals surface area contributed by atoms with Crippen LogP contribution in [0.2, 0.25) is 0 Å². The lowest BCUT2D eigenvalue weighted by Gasteiger charge is -2.49. The number of carbonyl (C=O) groups is 3. The first kappa shape index (κ1) is 27.6. The average Bonchev–Trinajstić information content (AvgIpc) is 3.38. The summed E-state index contributed by atoms with van der Waals surface area (Å²) in [5, 5.41) is 27.5. The summed E-state index contributed by atoms with van der Waals surface area (Å²) in [5.41, 5.74) is 5.58. The number of β-lactam (4-membered cyclic amide) rings is 1. The lowest BCUT2D eigenvalue weighted by molar-refractivity contribution is -0.150. The van der Waals surface area contributed by atoms with Crippen molar-refractivity contribution in [1.29, 1.82) is 5.26 Å². The van der Waals surface area contributed by atoms with Gasteiger partial charge in [0.15, 0.2) is 10.8 Å². The highest BCUT2D eigenvalue weighted by Crippen LogP contribution is 2.42. The van der Waals surface area contributed by atoms with Gasteiger partial charge in [-0.1, -0.05) is 17.3 Å². The van der Waals surface area contributed by atoms with E-state index in [1.54, 1.807) is 24.3 Å². The molecule has 40 heavy (non-hydrogen) atoms. The van der Waals surface area contributed by atoms with Crippen molar-refractivity contribution >= 4 is 84.9 Å². The highest BCUT2D eigenvalue weighted by Gasteiger charge is 2.54. The molecule has 12 nitrogen and oxygen atoms in total. The minimum atomic E-state index is -1.29. The first-order chi connectivity index (χ1) is 19.2. The van der Waals surface area contributed by atoms with E-state index in [0.717, 1.165) is 16.2 Å². The molecule has 16 heteroatoms. The molecular weight excluding hydrogens is 597 g/mol. The van der Waals surface area contributed by atoms with Crippen LogP contribution in [0.1, 0.15) is 11.3 Å². The SMILES string of the molecule is CO/N=C(\C(=O)N[C@@H]1C(=O)N2C(C(=O)O)=C(CSc3sc4ccccc4c(=O)c3C#N)CS[C@@H]12)c1csc(N)n1. The number of thioether (sulfide) groups is 2. The lowest BCUT2D eigenvalue weighted by Crippen LogP contribution is -2.71. The van der Waals surface area contributed by atoms with Gasteiger partial charge in [0, 0.05) is 27.0 Å². The molecule has 2 aliphatic heterocycles. The highest BCUT2D eigenvalue weighted by atomic mass is 32.2. The van der Waals surface area contributed by atoms with Crippen molar-refractivity contribution in [2.75, 3.05) is 24.3 Å². The molecule has 0 unspecified atom stereocenters. The summed E-state index contributed by atoms with van der Waals surface area (Å²) in [4.78, 5) is 61.0. The van der Waals surface area contributed by atoms with Crippen molar-refractivity contribution in [3.05, 3.63) is 62.4 Å². The number of rotatable bonds is 8. The molecule has 0 spiro atoms. The topological polar surface area (TPSA) is 188 Å². The molecule has 4 N–H and O–H groups in total. The van der Waals surface area contributed by atoms with Crippen LogP contribution < -0.4 is 16.5 Å². The van der Waals surface area contributed by atoms with Gasteiger partial charge in [-0.2, -0.15) is 5.26 Å². The predicted octanol–water partition coefficient (Wildman–Crippen LogP) is 2.05. The molecule has 2 aromatic heterocycles. The minimum Gasteiger partial charge on any atom is -0.477 e. The van der Waals surface area contributed by atoms with Crippen molar-refractivity contribution in [3.8, 4) is 6.07 Å². The van der Waals surface area contributed by atoms with Gasteiger partial charge in [0.1, 0.15) is 41.5 Å². The van der Waals surface area contributed by atoms with Crippen LogP contribution >= 0.6 is 46.2 Å². The normalized spacial score (nSPS) is 18.6. The van der Waals surface area contributed by atoms with E-state index >= 15 is 0 Å². The first-order valence-electron chi connectivity index (χ1n) is 11.4. The van der Waals surface area contributed by atoms with Crippen molar-refractivity contribution in [2.24, 2.45) is 5.16 Å². The van der Waals surface area contributed by atoms with Crippen molar-refractivity contribution in [3.63, 3.8) is 0 Å². The van der Waals surface area contributed by atoms with Crippen LogP contribution in [0, 0.1) is 11.3 Å². The van der Waals surface area contributed by atoms with Crippen LogP contribution in [-0.2, 0) is 19.2 Å². The van der Waals surface area contributed by atoms with Gasteiger partial charge in [0.05, 0.1) is 4.21 Å². The molecule has 5 rings (SSSR count). The molecule has 0 saturated carbocycles. The third kappa shape index (κ3) is 4.92. The van der Waals surface area contributed by atoms with Crippen LogP contribution in [0.25, 0.3) is 10.1 Å². The molecule has 0 bridgehead atoms. The molecule has 2 aliphatic rings. The second-order valence-corrected chi connectivity index (χ2v) is 12.6. The summed E-state index contributed by atoms with van der Waals surface area (Å²) < 4.78 is 1.19. The molecule has 1 aromatic carbocycles. The van der Waals surface area contributed by atoms with Gasteiger partial charge in [-0.15, -0.1) is 46.2 Å². The number of thiazole rings is 1. The molecule has 1 fully saturated rings. The Morgan fingerprint density at radius 3 is 2.83 bits per heavy atom. The van der Waals surface area contributed by atoms with Gasteiger partial charge >= 0.3 is 5.97 Å². The fraction of sp³-hybridized carbons (Fsp3) is 0.208. The van der Waals surface area contributed by atoms with Gasteiger partial charge in [0.2, 0.25) is 5.43 Å². The Hall–Kier alpha value is -3.91. The second-order valence-electron chi connectivity index (χ2n) is 8.30. The number of nitrogens with two attached hydrogens (primary N) is 1. The smallest absolute Gasteiger partial charge is 0.352 e. The number of carbonyl (C=O) groups excluding carboxylic acids is 2. The summed E-state index contributed by atoms with van der Waals surface area (Å²) in [6, 6.07) is 7.95. The minimum absolute atomic E-state index is 0.00529. The molecule has 3 aromatic rings. The number of nitrogen functional groups attached to an aromatic ring is 1. The monoisotopic (exact) mass is 614 g/mol. The number of hydrogen-bond donors (Lipinski definition) is 3. The molecule has 2 atom stereocenters. The number of carboxylic acids is 1. The standard InChI is InChI=1S/C24H18N6O6S4/c1-36-29-15(13-9-39-24(26)27-13)19(32)28-16-20(33)30-17(22(34)35)10(7-37-21(16)30)8-38-23-12(6-25)18(31)11-4-2-3-5-14(11)40-23/h2-5,9,16,21H,7-8H2,1H3,(H2,26,27)(H,28,32)(H,34,35)/b29-15-/t16-,21+/m1/s1. The largest absolute Gasteiger partial charge is 0.477 e. The molecule has 204 valence electrons. The van der Waals surface area contributed by atoms with E-state index in [0.29, 0.717) is 19.9 Å². The van der Waals surface area contributed by atoms with Gasteiger partial charge < -0.3 is 21.0 Å². The number of hydrogen-bond acceptors (Lipinski definition) is 13. The van der Waals surface area contributed by atoms with Gasteiger partial charge in [-0.3, -0.25) is 19.3 Å². The number of aromatic nitrogens is 1. The molecule has 0 radical (unpaired) electrons. The lowest BCUT2D eigenvalue weighted by atomic mass is 10.0. The van der Waals surface area contributed by atoms with E-state index in [9.17, 15) is 29.5 Å². The molecular formula is C24H18N6O6S4. The number of nitrogens with zero attached hydrogens (tertiary/aromatic N) is 4. The Morgan fingerprint density at radius 2 is 2.15 bits per heavy atom. The average molecular weight is 615 g/mol. The number of fused-ring (bicyclic) bond motifs is 2. The van der Waals surface area contributed by atoms with E-state index in [4.69, 9.17) is 10.6 Å². The van der Waals surface area contributed by atoms with Gasteiger partial charge in [-0.05, 0) is 17.7 Å². The third-order valence-corrected chi connectivity index (χ3v) is 10.5. The van der Waals surface area contributed by atoms with Gasteiger partial charge in [0.25, 0.3) is 11.8 Å². The van der Waals surface area contributed by atoms with Crippen molar-refractivity contribution in [2.45, 2.75) is 15.6 Å². The van der Waals surface area contributed by atoms with Crippen molar-refractivity contribution < 1.29 is 24.3 Å². The number of amides is 2. The number of nitriles is 1. The van der Waals surface area contributed by atoms with E-state index in [1.807, 2.05) is 6.07 Å². The molecule has 2 amide bonds. The Balaban J connectivity index is 1.36. The second kappa shape index (κ2) is 11.3. The number of anilines is 1. The molecule has 1 saturated heterocycles. The third-order valence-electron chi connectivity index (χ3n) is 5.95. The summed E-state index contributed by atoms with van der Waals surface area (Å²) >= 11 is 4.87.